The summed E-state index contributed by atoms with van der Waals surface area (Å²) in [5.41, 5.74) is 0. The van der Waals surface area contributed by atoms with Crippen molar-refractivity contribution in [2.45, 2.75) is 104 Å². The maximum atomic E-state index is 11.8. The van der Waals surface area contributed by atoms with Gasteiger partial charge in [0.25, 0.3) is 0 Å². The van der Waals surface area contributed by atoms with Crippen molar-refractivity contribution in [3.05, 3.63) is 0 Å². The summed E-state index contributed by atoms with van der Waals surface area (Å²) in [5, 5.41) is 0. The average molecular weight is 328 g/mol. The minimum absolute atomic E-state index is 0.151. The maximum Gasteiger partial charge on any atom is 0.409 e. The lowest BCUT2D eigenvalue weighted by atomic mass is 10.1. The minimum atomic E-state index is -0.151. The lowest BCUT2D eigenvalue weighted by molar-refractivity contribution is 0.121. The number of amides is 1. The summed E-state index contributed by atoms with van der Waals surface area (Å²) in [6.07, 6.45) is 17.8. The van der Waals surface area contributed by atoms with Gasteiger partial charge in [-0.1, -0.05) is 90.9 Å². The molecule has 0 saturated heterocycles. The summed E-state index contributed by atoms with van der Waals surface area (Å²) < 4.78 is 4.92. The second kappa shape index (κ2) is 17.6. The molecule has 0 aromatic heterocycles. The Labute approximate surface area is 145 Å². The van der Waals surface area contributed by atoms with Crippen LogP contribution in [0.4, 0.5) is 4.79 Å². The Morgan fingerprint density at radius 2 is 1.00 bits per heavy atom. The van der Waals surface area contributed by atoms with Crippen LogP contribution in [-0.2, 0) is 4.74 Å². The number of ether oxygens (including phenoxy) is 1. The van der Waals surface area contributed by atoms with Crippen LogP contribution in [0, 0.1) is 0 Å². The van der Waals surface area contributed by atoms with Gasteiger partial charge in [-0.05, 0) is 12.8 Å². The molecule has 0 unspecified atom stereocenters. The van der Waals surface area contributed by atoms with Crippen molar-refractivity contribution in [3.63, 3.8) is 0 Å². The summed E-state index contributed by atoms with van der Waals surface area (Å²) in [5.74, 6) is 0. The smallest absolute Gasteiger partial charge is 0.409 e. The maximum absolute atomic E-state index is 11.8. The topological polar surface area (TPSA) is 29.5 Å². The molecule has 23 heavy (non-hydrogen) atoms. The van der Waals surface area contributed by atoms with Crippen LogP contribution >= 0.6 is 0 Å². The molecule has 3 nitrogen and oxygen atoms in total. The van der Waals surface area contributed by atoms with E-state index in [2.05, 4.69) is 13.8 Å². The Morgan fingerprint density at radius 1 is 0.652 bits per heavy atom. The fraction of sp³-hybridized carbons (Fsp3) is 0.950. The van der Waals surface area contributed by atoms with Crippen molar-refractivity contribution >= 4 is 6.09 Å². The van der Waals surface area contributed by atoms with Gasteiger partial charge in [0.1, 0.15) is 0 Å². The summed E-state index contributed by atoms with van der Waals surface area (Å²) in [4.78, 5) is 13.7. The summed E-state index contributed by atoms with van der Waals surface area (Å²) in [6.45, 7) is 6.21. The highest BCUT2D eigenvalue weighted by molar-refractivity contribution is 5.67. The van der Waals surface area contributed by atoms with Gasteiger partial charge in [0.2, 0.25) is 0 Å². The zero-order valence-corrected chi connectivity index (χ0v) is 16.1. The number of carbonyl (C=O) groups is 1. The molecule has 0 aromatic rings. The molecular weight excluding hydrogens is 286 g/mol. The number of nitrogens with zero attached hydrogens (tertiary/aromatic N) is 1. The number of methoxy groups -OCH3 is 1. The first-order valence-electron chi connectivity index (χ1n) is 10.1. The van der Waals surface area contributed by atoms with E-state index < -0.39 is 0 Å². The molecular formula is C20H41NO2. The highest BCUT2D eigenvalue weighted by atomic mass is 16.5. The number of hydrogen-bond donors (Lipinski definition) is 0. The van der Waals surface area contributed by atoms with E-state index in [1.54, 1.807) is 0 Å². The SMILES string of the molecule is CCCCCCCCCN(CCCCCCCCC)C(=O)OC. The van der Waals surface area contributed by atoms with Crippen LogP contribution in [0.2, 0.25) is 0 Å². The fourth-order valence-electron chi connectivity index (χ4n) is 2.94. The first kappa shape index (κ1) is 22.3. The van der Waals surface area contributed by atoms with Crippen LogP contribution in [0.1, 0.15) is 104 Å². The molecule has 0 fully saturated rings. The zero-order chi connectivity index (χ0) is 17.2. The molecule has 0 heterocycles. The molecule has 0 spiro atoms. The third kappa shape index (κ3) is 14.6. The lowest BCUT2D eigenvalue weighted by Crippen LogP contribution is -2.32. The van der Waals surface area contributed by atoms with Crippen molar-refractivity contribution in [2.75, 3.05) is 20.2 Å². The number of carbonyl (C=O) groups excluding carboxylic acids is 1. The molecule has 1 amide bonds. The van der Waals surface area contributed by atoms with Gasteiger partial charge in [-0.15, -0.1) is 0 Å². The number of unbranched alkanes of at least 4 members (excludes halogenated alkanes) is 12. The van der Waals surface area contributed by atoms with E-state index in [0.29, 0.717) is 0 Å². The van der Waals surface area contributed by atoms with Gasteiger partial charge in [-0.2, -0.15) is 0 Å². The standard InChI is InChI=1S/C20H41NO2/c1-4-6-8-10-12-14-16-18-21(20(22)23-3)19-17-15-13-11-9-7-5-2/h4-19H2,1-3H3. The normalized spacial score (nSPS) is 10.7. The minimum Gasteiger partial charge on any atom is -0.453 e. The molecule has 0 aromatic carbocycles. The van der Waals surface area contributed by atoms with Gasteiger partial charge < -0.3 is 9.64 Å². The second-order valence-electron chi connectivity index (χ2n) is 6.70. The van der Waals surface area contributed by atoms with Crippen LogP contribution in [0.3, 0.4) is 0 Å². The highest BCUT2D eigenvalue weighted by Crippen LogP contribution is 2.10. The van der Waals surface area contributed by atoms with E-state index in [4.69, 9.17) is 4.74 Å². The third-order valence-corrected chi connectivity index (χ3v) is 4.50. The van der Waals surface area contributed by atoms with Gasteiger partial charge in [0.05, 0.1) is 7.11 Å². The van der Waals surface area contributed by atoms with Gasteiger partial charge in [-0.3, -0.25) is 0 Å². The van der Waals surface area contributed by atoms with Crippen LogP contribution in [-0.4, -0.2) is 31.2 Å². The Bertz CT molecular complexity index is 238. The van der Waals surface area contributed by atoms with Crippen LogP contribution in [0.5, 0.6) is 0 Å². The van der Waals surface area contributed by atoms with Crippen molar-refractivity contribution in [1.82, 2.24) is 4.90 Å². The summed E-state index contributed by atoms with van der Waals surface area (Å²) in [7, 11) is 1.49. The first-order valence-corrected chi connectivity index (χ1v) is 10.1. The second-order valence-corrected chi connectivity index (χ2v) is 6.70. The molecule has 0 atom stereocenters. The van der Waals surface area contributed by atoms with Crippen molar-refractivity contribution in [3.8, 4) is 0 Å². The zero-order valence-electron chi connectivity index (χ0n) is 16.1. The van der Waals surface area contributed by atoms with Crippen molar-refractivity contribution in [1.29, 1.82) is 0 Å². The van der Waals surface area contributed by atoms with Gasteiger partial charge in [-0.25, -0.2) is 4.79 Å². The summed E-state index contributed by atoms with van der Waals surface area (Å²) >= 11 is 0. The van der Waals surface area contributed by atoms with Crippen LogP contribution < -0.4 is 0 Å². The van der Waals surface area contributed by atoms with Gasteiger partial charge >= 0.3 is 6.09 Å². The molecule has 0 radical (unpaired) electrons. The van der Waals surface area contributed by atoms with Crippen molar-refractivity contribution in [2.24, 2.45) is 0 Å². The lowest BCUT2D eigenvalue weighted by Gasteiger charge is -2.21. The molecule has 138 valence electrons. The molecule has 3 heteroatoms. The molecule has 0 aliphatic carbocycles. The Morgan fingerprint density at radius 3 is 1.35 bits per heavy atom. The highest BCUT2D eigenvalue weighted by Gasteiger charge is 2.12. The van der Waals surface area contributed by atoms with Crippen LogP contribution in [0.15, 0.2) is 0 Å². The van der Waals surface area contributed by atoms with E-state index in [1.807, 2.05) is 4.90 Å². The Hall–Kier alpha value is -0.730. The quantitative estimate of drug-likeness (QED) is 0.301. The molecule has 0 bridgehead atoms. The Kier molecular flexibility index (Phi) is 17.1. The number of hydrogen-bond acceptors (Lipinski definition) is 2. The molecule has 0 aliphatic heterocycles. The van der Waals surface area contributed by atoms with Gasteiger partial charge in [0.15, 0.2) is 0 Å². The third-order valence-electron chi connectivity index (χ3n) is 4.50. The molecule has 0 N–H and O–H groups in total. The molecule has 0 aliphatic rings. The Balaban J connectivity index is 3.67. The number of rotatable bonds is 16. The van der Waals surface area contributed by atoms with E-state index in [0.717, 1.165) is 25.9 Å². The van der Waals surface area contributed by atoms with E-state index in [9.17, 15) is 4.79 Å². The average Bonchev–Trinajstić information content (AvgIpc) is 2.57. The van der Waals surface area contributed by atoms with E-state index in [-0.39, 0.29) is 6.09 Å². The first-order chi connectivity index (χ1) is 11.3. The van der Waals surface area contributed by atoms with E-state index in [1.165, 1.54) is 84.2 Å². The summed E-state index contributed by atoms with van der Waals surface area (Å²) in [6, 6.07) is 0. The molecule has 0 saturated carbocycles. The van der Waals surface area contributed by atoms with Crippen LogP contribution in [0.25, 0.3) is 0 Å². The fourth-order valence-corrected chi connectivity index (χ4v) is 2.94. The predicted octanol–water partition coefficient (Wildman–Crippen LogP) is 6.56. The monoisotopic (exact) mass is 327 g/mol. The predicted molar refractivity (Wildman–Crippen MR) is 100.0 cm³/mol. The van der Waals surface area contributed by atoms with Gasteiger partial charge in [0, 0.05) is 13.1 Å². The van der Waals surface area contributed by atoms with E-state index >= 15 is 0 Å². The largest absolute Gasteiger partial charge is 0.453 e. The molecule has 0 rings (SSSR count). The van der Waals surface area contributed by atoms with Crippen molar-refractivity contribution < 1.29 is 9.53 Å².